The number of hydrogen-bond donors (Lipinski definition) is 1. The standard InChI is InChI=1S/C17H21NO2/c1-18(12-14-19-16-8-4-2-5-9-16)13-15-20-17-10-6-3-7-11-17/h2-11H,12-15H2,1H3/p+1. The van der Waals surface area contributed by atoms with Gasteiger partial charge < -0.3 is 14.4 Å². The van der Waals surface area contributed by atoms with E-state index in [4.69, 9.17) is 9.47 Å². The fraction of sp³-hybridized carbons (Fsp3) is 0.294. The topological polar surface area (TPSA) is 22.9 Å². The van der Waals surface area contributed by atoms with Gasteiger partial charge in [-0.05, 0) is 24.3 Å². The first-order valence-corrected chi connectivity index (χ1v) is 7.01. The largest absolute Gasteiger partial charge is 0.488 e. The molecule has 20 heavy (non-hydrogen) atoms. The minimum atomic E-state index is 0.723. The lowest BCUT2D eigenvalue weighted by Gasteiger charge is -2.15. The zero-order valence-corrected chi connectivity index (χ0v) is 11.9. The quantitative estimate of drug-likeness (QED) is 0.790. The van der Waals surface area contributed by atoms with Crippen molar-refractivity contribution in [3.8, 4) is 11.5 Å². The van der Waals surface area contributed by atoms with Crippen molar-refractivity contribution in [1.82, 2.24) is 0 Å². The summed E-state index contributed by atoms with van der Waals surface area (Å²) in [5.41, 5.74) is 0. The summed E-state index contributed by atoms with van der Waals surface area (Å²) in [7, 11) is 2.16. The van der Waals surface area contributed by atoms with Crippen molar-refractivity contribution in [2.75, 3.05) is 33.4 Å². The first kappa shape index (κ1) is 14.4. The Hall–Kier alpha value is -2.00. The van der Waals surface area contributed by atoms with Gasteiger partial charge in [0.2, 0.25) is 0 Å². The van der Waals surface area contributed by atoms with Gasteiger partial charge in [-0.25, -0.2) is 0 Å². The molecular formula is C17H22NO2+. The molecule has 1 N–H and O–H groups in total. The molecule has 0 aliphatic carbocycles. The highest BCUT2D eigenvalue weighted by molar-refractivity contribution is 5.21. The van der Waals surface area contributed by atoms with E-state index in [2.05, 4.69) is 7.05 Å². The monoisotopic (exact) mass is 272 g/mol. The molecule has 2 aromatic rings. The van der Waals surface area contributed by atoms with Crippen LogP contribution in [-0.4, -0.2) is 33.4 Å². The van der Waals surface area contributed by atoms with Gasteiger partial charge in [0.25, 0.3) is 0 Å². The van der Waals surface area contributed by atoms with Gasteiger partial charge in [0.1, 0.15) is 37.8 Å². The molecule has 3 heteroatoms. The van der Waals surface area contributed by atoms with E-state index >= 15 is 0 Å². The van der Waals surface area contributed by atoms with Gasteiger partial charge in [0, 0.05) is 0 Å². The van der Waals surface area contributed by atoms with Crippen molar-refractivity contribution in [2.45, 2.75) is 0 Å². The molecule has 2 rings (SSSR count). The van der Waals surface area contributed by atoms with Crippen LogP contribution in [0, 0.1) is 0 Å². The Morgan fingerprint density at radius 3 is 1.50 bits per heavy atom. The van der Waals surface area contributed by atoms with Crippen molar-refractivity contribution < 1.29 is 14.4 Å². The number of hydrogen-bond acceptors (Lipinski definition) is 2. The Kier molecular flexibility index (Phi) is 5.93. The van der Waals surface area contributed by atoms with Crippen LogP contribution in [0.4, 0.5) is 0 Å². The third kappa shape index (κ3) is 5.33. The smallest absolute Gasteiger partial charge is 0.137 e. The minimum absolute atomic E-state index is 0.723. The zero-order chi connectivity index (χ0) is 14.0. The average Bonchev–Trinajstić information content (AvgIpc) is 2.49. The molecule has 0 bridgehead atoms. The van der Waals surface area contributed by atoms with E-state index in [0.29, 0.717) is 0 Å². The van der Waals surface area contributed by atoms with Gasteiger partial charge in [-0.1, -0.05) is 36.4 Å². The van der Waals surface area contributed by atoms with Crippen molar-refractivity contribution >= 4 is 0 Å². The van der Waals surface area contributed by atoms with Gasteiger partial charge in [0.15, 0.2) is 0 Å². The number of benzene rings is 2. The fourth-order valence-corrected chi connectivity index (χ4v) is 1.84. The van der Waals surface area contributed by atoms with Crippen LogP contribution < -0.4 is 14.4 Å². The van der Waals surface area contributed by atoms with Crippen LogP contribution in [0.15, 0.2) is 60.7 Å². The Balaban J connectivity index is 1.58. The summed E-state index contributed by atoms with van der Waals surface area (Å²) < 4.78 is 11.4. The van der Waals surface area contributed by atoms with Gasteiger partial charge in [0.05, 0.1) is 7.05 Å². The Labute approximate surface area is 120 Å². The predicted octanol–water partition coefficient (Wildman–Crippen LogP) is 1.66. The van der Waals surface area contributed by atoms with Gasteiger partial charge in [-0.3, -0.25) is 0 Å². The average molecular weight is 272 g/mol. The number of quaternary nitrogens is 1. The maximum Gasteiger partial charge on any atom is 0.137 e. The van der Waals surface area contributed by atoms with Crippen LogP contribution in [0.1, 0.15) is 0 Å². The summed E-state index contributed by atoms with van der Waals surface area (Å²) in [5, 5.41) is 0. The maximum atomic E-state index is 5.68. The molecule has 0 fully saturated rings. The normalized spacial score (nSPS) is 10.5. The lowest BCUT2D eigenvalue weighted by atomic mass is 10.3. The first-order valence-electron chi connectivity index (χ1n) is 7.01. The molecule has 0 atom stereocenters. The number of nitrogens with one attached hydrogen (secondary N) is 1. The van der Waals surface area contributed by atoms with Gasteiger partial charge in [-0.2, -0.15) is 0 Å². The predicted molar refractivity (Wildman–Crippen MR) is 80.5 cm³/mol. The number of ether oxygens (including phenoxy) is 2. The molecule has 0 spiro atoms. The molecule has 0 aromatic heterocycles. The van der Waals surface area contributed by atoms with E-state index in [0.717, 1.165) is 37.8 Å². The second-order valence-electron chi connectivity index (χ2n) is 4.78. The summed E-state index contributed by atoms with van der Waals surface area (Å²) in [5.74, 6) is 1.86. The molecule has 0 saturated heterocycles. The highest BCUT2D eigenvalue weighted by atomic mass is 16.5. The Bertz CT molecular complexity index is 427. The van der Waals surface area contributed by atoms with E-state index in [1.807, 2.05) is 60.7 Å². The van der Waals surface area contributed by atoms with Crippen molar-refractivity contribution in [2.24, 2.45) is 0 Å². The van der Waals surface area contributed by atoms with Crippen LogP contribution in [0.25, 0.3) is 0 Å². The molecule has 0 radical (unpaired) electrons. The molecular weight excluding hydrogens is 250 g/mol. The van der Waals surface area contributed by atoms with Crippen LogP contribution in [-0.2, 0) is 0 Å². The number of likely N-dealkylation sites (N-methyl/N-ethyl adjacent to an activating group) is 1. The molecule has 0 aliphatic heterocycles. The van der Waals surface area contributed by atoms with Gasteiger partial charge >= 0.3 is 0 Å². The van der Waals surface area contributed by atoms with Crippen molar-refractivity contribution in [3.63, 3.8) is 0 Å². The molecule has 106 valence electrons. The minimum Gasteiger partial charge on any atom is -0.488 e. The number of para-hydroxylation sites is 2. The van der Waals surface area contributed by atoms with Crippen LogP contribution in [0.5, 0.6) is 11.5 Å². The summed E-state index contributed by atoms with van der Waals surface area (Å²) in [6.07, 6.45) is 0. The van der Waals surface area contributed by atoms with E-state index in [1.165, 1.54) is 4.90 Å². The molecule has 2 aromatic carbocycles. The second kappa shape index (κ2) is 8.23. The van der Waals surface area contributed by atoms with E-state index in [9.17, 15) is 0 Å². The van der Waals surface area contributed by atoms with E-state index < -0.39 is 0 Å². The summed E-state index contributed by atoms with van der Waals surface area (Å²) in [4.78, 5) is 1.40. The Morgan fingerprint density at radius 2 is 1.10 bits per heavy atom. The lowest BCUT2D eigenvalue weighted by Crippen LogP contribution is -3.10. The van der Waals surface area contributed by atoms with Crippen molar-refractivity contribution in [3.05, 3.63) is 60.7 Å². The molecule has 3 nitrogen and oxygen atoms in total. The molecule has 0 heterocycles. The first-order chi connectivity index (χ1) is 9.84. The summed E-state index contributed by atoms with van der Waals surface area (Å²) >= 11 is 0. The molecule has 0 saturated carbocycles. The SMILES string of the molecule is C[NH+](CCOc1ccccc1)CCOc1ccccc1. The van der Waals surface area contributed by atoms with Crippen LogP contribution >= 0.6 is 0 Å². The highest BCUT2D eigenvalue weighted by Gasteiger charge is 2.03. The molecule has 0 unspecified atom stereocenters. The number of rotatable bonds is 8. The van der Waals surface area contributed by atoms with Crippen molar-refractivity contribution in [1.29, 1.82) is 0 Å². The fourth-order valence-electron chi connectivity index (χ4n) is 1.84. The van der Waals surface area contributed by atoms with E-state index in [-0.39, 0.29) is 0 Å². The van der Waals surface area contributed by atoms with Crippen LogP contribution in [0.2, 0.25) is 0 Å². The van der Waals surface area contributed by atoms with Gasteiger partial charge in [-0.15, -0.1) is 0 Å². The highest BCUT2D eigenvalue weighted by Crippen LogP contribution is 2.07. The second-order valence-corrected chi connectivity index (χ2v) is 4.78. The third-order valence-electron chi connectivity index (χ3n) is 3.08. The Morgan fingerprint density at radius 1 is 0.700 bits per heavy atom. The lowest BCUT2D eigenvalue weighted by molar-refractivity contribution is -0.879. The van der Waals surface area contributed by atoms with E-state index in [1.54, 1.807) is 0 Å². The zero-order valence-electron chi connectivity index (χ0n) is 11.9. The third-order valence-corrected chi connectivity index (χ3v) is 3.08. The molecule has 0 aliphatic rings. The molecule has 0 amide bonds. The summed E-state index contributed by atoms with van der Waals surface area (Å²) in [6, 6.07) is 19.8. The maximum absolute atomic E-state index is 5.68. The summed E-state index contributed by atoms with van der Waals surface area (Å²) in [6.45, 7) is 3.38. The van der Waals surface area contributed by atoms with Crippen LogP contribution in [0.3, 0.4) is 0 Å².